The Kier molecular flexibility index (Phi) is 4.64. The number of benzene rings is 2. The van der Waals surface area contributed by atoms with E-state index in [0.29, 0.717) is 16.3 Å². The summed E-state index contributed by atoms with van der Waals surface area (Å²) in [7, 11) is 0. The van der Waals surface area contributed by atoms with E-state index in [1.54, 1.807) is 18.2 Å². The van der Waals surface area contributed by atoms with E-state index in [2.05, 4.69) is 5.32 Å². The Morgan fingerprint density at radius 3 is 2.55 bits per heavy atom. The van der Waals surface area contributed by atoms with Gasteiger partial charge in [0.1, 0.15) is 0 Å². The fourth-order valence-electron chi connectivity index (χ4n) is 2.03. The van der Waals surface area contributed by atoms with E-state index >= 15 is 0 Å². The molecule has 0 bridgehead atoms. The van der Waals surface area contributed by atoms with Gasteiger partial charge in [0.05, 0.1) is 16.8 Å². The fourth-order valence-corrected chi connectivity index (χ4v) is 2.15. The van der Waals surface area contributed by atoms with Crippen LogP contribution in [0, 0.1) is 0 Å². The van der Waals surface area contributed by atoms with Crippen molar-refractivity contribution in [1.29, 1.82) is 0 Å². The van der Waals surface area contributed by atoms with Gasteiger partial charge in [-0.1, -0.05) is 48.9 Å². The molecule has 0 aliphatic carbocycles. The van der Waals surface area contributed by atoms with Gasteiger partial charge < -0.3 is 11.1 Å². The number of nitrogens with two attached hydrogens (primary N) is 1. The molecular formula is C16H17ClN2O. The van der Waals surface area contributed by atoms with E-state index in [9.17, 15) is 4.79 Å². The molecule has 0 saturated carbocycles. The first kappa shape index (κ1) is 14.4. The zero-order valence-electron chi connectivity index (χ0n) is 11.3. The minimum absolute atomic E-state index is 0.0133. The molecular weight excluding hydrogens is 272 g/mol. The monoisotopic (exact) mass is 288 g/mol. The number of rotatable bonds is 4. The zero-order valence-corrected chi connectivity index (χ0v) is 12.0. The minimum atomic E-state index is -0.149. The van der Waals surface area contributed by atoms with Crippen LogP contribution >= 0.6 is 11.6 Å². The number of nitrogens with one attached hydrogen (secondary N) is 1. The molecule has 2 rings (SSSR count). The highest BCUT2D eigenvalue weighted by Crippen LogP contribution is 2.21. The zero-order chi connectivity index (χ0) is 14.5. The number of halogens is 1. The summed E-state index contributed by atoms with van der Waals surface area (Å²) < 4.78 is 0. The highest BCUT2D eigenvalue weighted by atomic mass is 35.5. The smallest absolute Gasteiger partial charge is 0.251 e. The molecule has 0 aliphatic rings. The van der Waals surface area contributed by atoms with Gasteiger partial charge in [-0.05, 0) is 30.2 Å². The van der Waals surface area contributed by atoms with Crippen molar-refractivity contribution >= 4 is 23.2 Å². The second-order valence-electron chi connectivity index (χ2n) is 4.58. The van der Waals surface area contributed by atoms with E-state index in [-0.39, 0.29) is 11.9 Å². The van der Waals surface area contributed by atoms with Crippen LogP contribution in [0.5, 0.6) is 0 Å². The first-order valence-electron chi connectivity index (χ1n) is 6.52. The summed E-state index contributed by atoms with van der Waals surface area (Å²) in [6, 6.07) is 14.8. The van der Waals surface area contributed by atoms with Gasteiger partial charge in [-0.3, -0.25) is 4.79 Å². The largest absolute Gasteiger partial charge is 0.398 e. The van der Waals surface area contributed by atoms with Gasteiger partial charge in [-0.25, -0.2) is 0 Å². The third-order valence-corrected chi connectivity index (χ3v) is 3.52. The number of amides is 1. The Hall–Kier alpha value is -2.00. The molecule has 0 radical (unpaired) electrons. The molecule has 1 atom stereocenters. The molecule has 104 valence electrons. The Morgan fingerprint density at radius 2 is 1.95 bits per heavy atom. The molecule has 0 aliphatic heterocycles. The first-order valence-corrected chi connectivity index (χ1v) is 6.90. The molecule has 0 fully saturated rings. The number of anilines is 1. The quantitative estimate of drug-likeness (QED) is 0.841. The molecule has 1 unspecified atom stereocenters. The van der Waals surface area contributed by atoms with Crippen molar-refractivity contribution in [3.63, 3.8) is 0 Å². The number of carbonyl (C=O) groups excluding carboxylic acids is 1. The standard InChI is InChI=1S/C16H17ClN2O/c1-2-15(11-6-4-3-5-7-11)19-16(20)12-8-9-13(17)14(18)10-12/h3-10,15H,2,18H2,1H3,(H,19,20). The molecule has 2 aromatic carbocycles. The molecule has 20 heavy (non-hydrogen) atoms. The molecule has 3 N–H and O–H groups in total. The predicted octanol–water partition coefficient (Wildman–Crippen LogP) is 3.80. The van der Waals surface area contributed by atoms with Crippen molar-refractivity contribution in [2.75, 3.05) is 5.73 Å². The van der Waals surface area contributed by atoms with Gasteiger partial charge in [-0.15, -0.1) is 0 Å². The van der Waals surface area contributed by atoms with Gasteiger partial charge in [0.25, 0.3) is 5.91 Å². The van der Waals surface area contributed by atoms with Gasteiger partial charge in [0, 0.05) is 5.56 Å². The second kappa shape index (κ2) is 6.44. The molecule has 2 aromatic rings. The van der Waals surface area contributed by atoms with Gasteiger partial charge in [-0.2, -0.15) is 0 Å². The van der Waals surface area contributed by atoms with Crippen LogP contribution in [-0.2, 0) is 0 Å². The van der Waals surface area contributed by atoms with Crippen LogP contribution < -0.4 is 11.1 Å². The summed E-state index contributed by atoms with van der Waals surface area (Å²) in [5.74, 6) is -0.149. The Bertz CT molecular complexity index is 599. The third-order valence-electron chi connectivity index (χ3n) is 3.17. The average molecular weight is 289 g/mol. The van der Waals surface area contributed by atoms with Crippen LogP contribution in [0.1, 0.15) is 35.3 Å². The van der Waals surface area contributed by atoms with E-state index in [4.69, 9.17) is 17.3 Å². The fraction of sp³-hybridized carbons (Fsp3) is 0.188. The molecule has 0 saturated heterocycles. The van der Waals surface area contributed by atoms with E-state index in [0.717, 1.165) is 12.0 Å². The van der Waals surface area contributed by atoms with Crippen molar-refractivity contribution < 1.29 is 4.79 Å². The number of nitrogen functional groups attached to an aromatic ring is 1. The van der Waals surface area contributed by atoms with Gasteiger partial charge in [0.15, 0.2) is 0 Å². The van der Waals surface area contributed by atoms with Crippen LogP contribution in [-0.4, -0.2) is 5.91 Å². The number of hydrogen-bond donors (Lipinski definition) is 2. The normalized spacial score (nSPS) is 11.9. The first-order chi connectivity index (χ1) is 9.61. The maximum atomic E-state index is 12.2. The lowest BCUT2D eigenvalue weighted by Crippen LogP contribution is -2.28. The number of carbonyl (C=O) groups is 1. The maximum absolute atomic E-state index is 12.2. The highest BCUT2D eigenvalue weighted by molar-refractivity contribution is 6.33. The molecule has 1 amide bonds. The second-order valence-corrected chi connectivity index (χ2v) is 4.99. The molecule has 0 spiro atoms. The van der Waals surface area contributed by atoms with Crippen molar-refractivity contribution in [3.8, 4) is 0 Å². The Morgan fingerprint density at radius 1 is 1.25 bits per heavy atom. The summed E-state index contributed by atoms with van der Waals surface area (Å²) in [6.45, 7) is 2.04. The maximum Gasteiger partial charge on any atom is 0.251 e. The molecule has 0 heterocycles. The SMILES string of the molecule is CCC(NC(=O)c1ccc(Cl)c(N)c1)c1ccccc1. The van der Waals surface area contributed by atoms with Crippen molar-refractivity contribution in [2.45, 2.75) is 19.4 Å². The summed E-state index contributed by atoms with van der Waals surface area (Å²) in [6.07, 6.45) is 0.818. The minimum Gasteiger partial charge on any atom is -0.398 e. The Balaban J connectivity index is 2.15. The van der Waals surface area contributed by atoms with Crippen LogP contribution in [0.25, 0.3) is 0 Å². The van der Waals surface area contributed by atoms with E-state index in [1.165, 1.54) is 0 Å². The Labute approximate surface area is 123 Å². The summed E-state index contributed by atoms with van der Waals surface area (Å²) >= 11 is 5.86. The molecule has 0 aromatic heterocycles. The lowest BCUT2D eigenvalue weighted by atomic mass is 10.0. The lowest BCUT2D eigenvalue weighted by molar-refractivity contribution is 0.0935. The average Bonchev–Trinajstić information content (AvgIpc) is 2.48. The third kappa shape index (κ3) is 3.31. The lowest BCUT2D eigenvalue weighted by Gasteiger charge is -2.17. The highest BCUT2D eigenvalue weighted by Gasteiger charge is 2.14. The van der Waals surface area contributed by atoms with Crippen LogP contribution in [0.4, 0.5) is 5.69 Å². The van der Waals surface area contributed by atoms with Crippen molar-refractivity contribution in [1.82, 2.24) is 5.32 Å². The molecule has 4 heteroatoms. The van der Waals surface area contributed by atoms with E-state index < -0.39 is 0 Å². The van der Waals surface area contributed by atoms with Gasteiger partial charge >= 0.3 is 0 Å². The predicted molar refractivity (Wildman–Crippen MR) is 82.8 cm³/mol. The topological polar surface area (TPSA) is 55.1 Å². The molecule has 3 nitrogen and oxygen atoms in total. The van der Waals surface area contributed by atoms with Crippen LogP contribution in [0.2, 0.25) is 5.02 Å². The summed E-state index contributed by atoms with van der Waals surface area (Å²) in [5, 5.41) is 3.46. The summed E-state index contributed by atoms with van der Waals surface area (Å²) in [5.41, 5.74) is 7.73. The number of hydrogen-bond acceptors (Lipinski definition) is 2. The van der Waals surface area contributed by atoms with Gasteiger partial charge in [0.2, 0.25) is 0 Å². The van der Waals surface area contributed by atoms with E-state index in [1.807, 2.05) is 37.3 Å². The van der Waals surface area contributed by atoms with Crippen molar-refractivity contribution in [2.24, 2.45) is 0 Å². The summed E-state index contributed by atoms with van der Waals surface area (Å²) in [4.78, 5) is 12.2. The van der Waals surface area contributed by atoms with Crippen molar-refractivity contribution in [3.05, 3.63) is 64.7 Å². The van der Waals surface area contributed by atoms with Crippen LogP contribution in [0.3, 0.4) is 0 Å². The van der Waals surface area contributed by atoms with Crippen LogP contribution in [0.15, 0.2) is 48.5 Å².